The van der Waals surface area contributed by atoms with Crippen LogP contribution in [0, 0.1) is 0 Å². The first-order valence-electron chi connectivity index (χ1n) is 15.4. The number of hydrogen-bond donors (Lipinski definition) is 2. The number of thioether (sulfide) groups is 1. The van der Waals surface area contributed by atoms with Gasteiger partial charge in [0, 0.05) is 32.1 Å². The Hall–Kier alpha value is -3.87. The number of carbonyl (C=O) groups excluding carboxylic acids is 1. The highest BCUT2D eigenvalue weighted by Crippen LogP contribution is 2.44. The van der Waals surface area contributed by atoms with E-state index in [1.54, 1.807) is 42.1 Å². The van der Waals surface area contributed by atoms with Gasteiger partial charge in [-0.1, -0.05) is 83.0 Å². The van der Waals surface area contributed by atoms with E-state index >= 15 is 0 Å². The number of anilines is 2. The molecule has 1 aliphatic heterocycles. The standard InChI is InChI=1S/C36H31BrCl3N5O4S/c1-4-48-30-17-22(16-24(37)33(30)49-18-23-26(39)12-9-13-27(23)40)32-31(34(46)42-28-14-7-8-15-29(28)47-3)20(2)41-35-43-36(44-45(32)35)50-19-21-10-5-6-11-25(21)38/h5-17,32H,4,18-19H2,1-3H3,(H,42,46)(H,41,43,44). The fraction of sp³-hybridized carbons (Fsp3) is 0.194. The summed E-state index contributed by atoms with van der Waals surface area (Å²) in [7, 11) is 1.56. The van der Waals surface area contributed by atoms with E-state index < -0.39 is 6.04 Å². The molecule has 6 rings (SSSR count). The summed E-state index contributed by atoms with van der Waals surface area (Å²) in [6, 6.07) is 23.2. The third-order valence-corrected chi connectivity index (χ3v) is 10.4. The lowest BCUT2D eigenvalue weighted by atomic mass is 9.94. The number of hydrogen-bond acceptors (Lipinski definition) is 8. The number of nitrogens with one attached hydrogen (secondary N) is 2. The van der Waals surface area contributed by atoms with Gasteiger partial charge in [0.05, 0.1) is 29.4 Å². The summed E-state index contributed by atoms with van der Waals surface area (Å²) in [4.78, 5) is 19.0. The van der Waals surface area contributed by atoms with Crippen molar-refractivity contribution in [3.63, 3.8) is 0 Å². The Morgan fingerprint density at radius 1 is 0.980 bits per heavy atom. The molecule has 0 spiro atoms. The Balaban J connectivity index is 1.41. The van der Waals surface area contributed by atoms with Gasteiger partial charge in [-0.25, -0.2) is 4.68 Å². The molecule has 14 heteroatoms. The maximum absolute atomic E-state index is 14.2. The monoisotopic (exact) mass is 813 g/mol. The van der Waals surface area contributed by atoms with Crippen LogP contribution in [0.4, 0.5) is 11.6 Å². The van der Waals surface area contributed by atoms with Crippen LogP contribution in [0.25, 0.3) is 0 Å². The lowest BCUT2D eigenvalue weighted by Crippen LogP contribution is -2.31. The number of halogens is 4. The zero-order valence-corrected chi connectivity index (χ0v) is 31.8. The maximum Gasteiger partial charge on any atom is 0.255 e. The van der Waals surface area contributed by atoms with Crippen molar-refractivity contribution < 1.29 is 19.0 Å². The van der Waals surface area contributed by atoms with Crippen LogP contribution >= 0.6 is 62.5 Å². The molecule has 2 heterocycles. The molecule has 1 aromatic heterocycles. The molecule has 1 amide bonds. The smallest absolute Gasteiger partial charge is 0.255 e. The number of rotatable bonds is 12. The second-order valence-electron chi connectivity index (χ2n) is 11.0. The summed E-state index contributed by atoms with van der Waals surface area (Å²) in [6.45, 7) is 4.18. The molecular formula is C36H31BrCl3N5O4S. The number of amides is 1. The summed E-state index contributed by atoms with van der Waals surface area (Å²) in [6.07, 6.45) is 0. The van der Waals surface area contributed by atoms with Gasteiger partial charge in [0.25, 0.3) is 5.91 Å². The number of aromatic nitrogens is 3. The molecule has 0 saturated carbocycles. The van der Waals surface area contributed by atoms with Crippen molar-refractivity contribution in [3.8, 4) is 17.2 Å². The minimum atomic E-state index is -0.717. The SMILES string of the molecule is CCOc1cc(C2C(C(=O)Nc3ccccc3OC)=C(C)Nc3nc(SCc4ccccc4Cl)nn32)cc(Br)c1OCc1c(Cl)cccc1Cl. The molecule has 2 N–H and O–H groups in total. The third-order valence-electron chi connectivity index (χ3n) is 7.82. The van der Waals surface area contributed by atoms with E-state index in [1.807, 2.05) is 62.4 Å². The highest BCUT2D eigenvalue weighted by molar-refractivity contribution is 9.10. The number of carbonyl (C=O) groups is 1. The first-order valence-corrected chi connectivity index (χ1v) is 18.4. The van der Waals surface area contributed by atoms with Gasteiger partial charge in [0.2, 0.25) is 11.1 Å². The average Bonchev–Trinajstić information content (AvgIpc) is 3.50. The lowest BCUT2D eigenvalue weighted by Gasteiger charge is -2.29. The van der Waals surface area contributed by atoms with E-state index in [1.165, 1.54) is 11.8 Å². The van der Waals surface area contributed by atoms with Crippen molar-refractivity contribution in [1.29, 1.82) is 0 Å². The van der Waals surface area contributed by atoms with E-state index in [2.05, 4.69) is 26.6 Å². The molecule has 50 heavy (non-hydrogen) atoms. The Labute approximate surface area is 317 Å². The van der Waals surface area contributed by atoms with Crippen molar-refractivity contribution in [3.05, 3.63) is 126 Å². The summed E-state index contributed by atoms with van der Waals surface area (Å²) in [5.74, 6) is 2.12. The predicted octanol–water partition coefficient (Wildman–Crippen LogP) is 10.2. The van der Waals surface area contributed by atoms with Crippen LogP contribution in [0.5, 0.6) is 17.2 Å². The van der Waals surface area contributed by atoms with Gasteiger partial charge in [-0.2, -0.15) is 4.98 Å². The molecule has 1 aliphatic rings. The number of benzene rings is 4. The molecule has 0 saturated heterocycles. The summed E-state index contributed by atoms with van der Waals surface area (Å²) >= 11 is 24.4. The largest absolute Gasteiger partial charge is 0.495 e. The molecule has 0 bridgehead atoms. The zero-order valence-electron chi connectivity index (χ0n) is 27.1. The van der Waals surface area contributed by atoms with Crippen molar-refractivity contribution in [2.45, 2.75) is 37.4 Å². The van der Waals surface area contributed by atoms with Gasteiger partial charge in [-0.05, 0) is 83.4 Å². The molecule has 0 radical (unpaired) electrons. The molecule has 5 aromatic rings. The van der Waals surface area contributed by atoms with Crippen LogP contribution < -0.4 is 24.8 Å². The maximum atomic E-state index is 14.2. The fourth-order valence-corrected chi connectivity index (χ4v) is 7.65. The number of fused-ring (bicyclic) bond motifs is 1. The quantitative estimate of drug-likeness (QED) is 0.120. The second kappa shape index (κ2) is 16.0. The van der Waals surface area contributed by atoms with Gasteiger partial charge in [0.1, 0.15) is 18.4 Å². The minimum absolute atomic E-state index is 0.106. The topological polar surface area (TPSA) is 99.5 Å². The van der Waals surface area contributed by atoms with E-state index in [0.717, 1.165) is 5.56 Å². The van der Waals surface area contributed by atoms with Gasteiger partial charge in [-0.3, -0.25) is 4.79 Å². The molecule has 0 aliphatic carbocycles. The molecule has 0 fully saturated rings. The Bertz CT molecular complexity index is 2070. The van der Waals surface area contributed by atoms with Crippen LogP contribution in [0.2, 0.25) is 15.1 Å². The minimum Gasteiger partial charge on any atom is -0.495 e. The zero-order chi connectivity index (χ0) is 35.4. The van der Waals surface area contributed by atoms with Gasteiger partial charge in [-0.15, -0.1) is 5.10 Å². The van der Waals surface area contributed by atoms with Crippen molar-refractivity contribution in [2.75, 3.05) is 24.4 Å². The number of ether oxygens (including phenoxy) is 3. The van der Waals surface area contributed by atoms with Crippen molar-refractivity contribution in [2.24, 2.45) is 0 Å². The second-order valence-corrected chi connectivity index (χ2v) is 14.0. The Morgan fingerprint density at radius 2 is 1.70 bits per heavy atom. The highest BCUT2D eigenvalue weighted by atomic mass is 79.9. The van der Waals surface area contributed by atoms with Crippen LogP contribution in [0.15, 0.2) is 99.8 Å². The molecule has 4 aromatic carbocycles. The van der Waals surface area contributed by atoms with E-state index in [9.17, 15) is 4.79 Å². The predicted molar refractivity (Wildman–Crippen MR) is 203 cm³/mol. The van der Waals surface area contributed by atoms with Crippen molar-refractivity contribution in [1.82, 2.24) is 14.8 Å². The molecule has 1 atom stereocenters. The first kappa shape index (κ1) is 35.9. The molecule has 258 valence electrons. The number of allylic oxidation sites excluding steroid dienone is 1. The molecular weight excluding hydrogens is 785 g/mol. The third kappa shape index (κ3) is 7.72. The summed E-state index contributed by atoms with van der Waals surface area (Å²) < 4.78 is 20.2. The van der Waals surface area contributed by atoms with Crippen LogP contribution in [0.1, 0.15) is 36.6 Å². The summed E-state index contributed by atoms with van der Waals surface area (Å²) in [5, 5.41) is 13.4. The highest BCUT2D eigenvalue weighted by Gasteiger charge is 2.36. The van der Waals surface area contributed by atoms with E-state index in [-0.39, 0.29) is 12.5 Å². The normalized spacial score (nSPS) is 13.8. The van der Waals surface area contributed by atoms with Crippen molar-refractivity contribution >= 4 is 80.0 Å². The number of methoxy groups -OCH3 is 1. The van der Waals surface area contributed by atoms with E-state index in [4.69, 9.17) is 59.1 Å². The van der Waals surface area contributed by atoms with E-state index in [0.29, 0.717) is 88.3 Å². The number of nitrogens with zero attached hydrogens (tertiary/aromatic N) is 3. The molecule has 1 unspecified atom stereocenters. The lowest BCUT2D eigenvalue weighted by molar-refractivity contribution is -0.113. The first-order chi connectivity index (χ1) is 24.2. The van der Waals surface area contributed by atoms with Gasteiger partial charge >= 0.3 is 0 Å². The Kier molecular flexibility index (Phi) is 11.5. The fourth-order valence-electron chi connectivity index (χ4n) is 5.45. The molecule has 9 nitrogen and oxygen atoms in total. The van der Waals surface area contributed by atoms with Crippen LogP contribution in [-0.2, 0) is 17.2 Å². The average molecular weight is 816 g/mol. The van der Waals surface area contributed by atoms with Gasteiger partial charge < -0.3 is 24.8 Å². The van der Waals surface area contributed by atoms with Gasteiger partial charge in [0.15, 0.2) is 11.5 Å². The van der Waals surface area contributed by atoms with Crippen LogP contribution in [-0.4, -0.2) is 34.4 Å². The summed E-state index contributed by atoms with van der Waals surface area (Å²) in [5.41, 5.74) is 3.85. The Morgan fingerprint density at radius 3 is 2.44 bits per heavy atom. The van der Waals surface area contributed by atoms with Crippen LogP contribution in [0.3, 0.4) is 0 Å². The number of para-hydroxylation sites is 2.